The van der Waals surface area contributed by atoms with E-state index in [4.69, 9.17) is 0 Å². The molecule has 3 rings (SSSR count). The van der Waals surface area contributed by atoms with E-state index in [2.05, 4.69) is 15.6 Å². The largest absolute Gasteiger partial charge is 0.349 e. The molecule has 8 nitrogen and oxygen atoms in total. The molecule has 0 aliphatic carbocycles. The standard InChI is InChI=1S/C21H25FN4O4S/c1-15(20(27)24-13-18-6-2-3-11-23-18)25-21(28)16-5-4-12-26(14-16)31(29,30)19-9-7-17(22)8-10-19/h2-3,6-11,15-16H,4-5,12-14H2,1H3,(H,24,27)(H,25,28)/t15-,16-/m1/s1. The molecule has 10 heteroatoms. The number of carbonyl (C=O) groups excluding carboxylic acids is 2. The molecule has 0 saturated carbocycles. The third kappa shape index (κ3) is 5.86. The van der Waals surface area contributed by atoms with Crippen LogP contribution in [-0.2, 0) is 26.2 Å². The quantitative estimate of drug-likeness (QED) is 0.666. The van der Waals surface area contributed by atoms with Crippen LogP contribution in [0.4, 0.5) is 4.39 Å². The number of hydrogen-bond acceptors (Lipinski definition) is 5. The second kappa shape index (κ2) is 9.97. The van der Waals surface area contributed by atoms with E-state index in [-0.39, 0.29) is 36.3 Å². The van der Waals surface area contributed by atoms with E-state index in [0.29, 0.717) is 18.5 Å². The van der Waals surface area contributed by atoms with E-state index in [1.54, 1.807) is 25.3 Å². The summed E-state index contributed by atoms with van der Waals surface area (Å²) < 4.78 is 40.0. The summed E-state index contributed by atoms with van der Waals surface area (Å²) in [7, 11) is -3.83. The number of piperidine rings is 1. The fraction of sp³-hybridized carbons (Fsp3) is 0.381. The zero-order chi connectivity index (χ0) is 22.4. The summed E-state index contributed by atoms with van der Waals surface area (Å²) in [5.74, 6) is -1.83. The van der Waals surface area contributed by atoms with Crippen molar-refractivity contribution in [2.24, 2.45) is 5.92 Å². The highest BCUT2D eigenvalue weighted by molar-refractivity contribution is 7.89. The number of carbonyl (C=O) groups is 2. The topological polar surface area (TPSA) is 108 Å². The van der Waals surface area contributed by atoms with Crippen LogP contribution in [-0.4, -0.2) is 48.7 Å². The number of nitrogens with one attached hydrogen (secondary N) is 2. The number of nitrogens with zero attached hydrogens (tertiary/aromatic N) is 2. The summed E-state index contributed by atoms with van der Waals surface area (Å²) in [5, 5.41) is 5.38. The van der Waals surface area contributed by atoms with E-state index in [1.165, 1.54) is 16.4 Å². The van der Waals surface area contributed by atoms with Gasteiger partial charge >= 0.3 is 0 Å². The molecule has 31 heavy (non-hydrogen) atoms. The molecule has 2 atom stereocenters. The third-order valence-electron chi connectivity index (χ3n) is 5.13. The van der Waals surface area contributed by atoms with Gasteiger partial charge in [-0.15, -0.1) is 0 Å². The Morgan fingerprint density at radius 3 is 2.65 bits per heavy atom. The Bertz CT molecular complexity index is 1020. The lowest BCUT2D eigenvalue weighted by molar-refractivity contribution is -0.131. The van der Waals surface area contributed by atoms with E-state index in [1.807, 2.05) is 6.07 Å². The Balaban J connectivity index is 1.56. The molecule has 1 saturated heterocycles. The van der Waals surface area contributed by atoms with Crippen molar-refractivity contribution in [1.82, 2.24) is 19.9 Å². The fourth-order valence-corrected chi connectivity index (χ4v) is 4.88. The first-order chi connectivity index (χ1) is 14.8. The van der Waals surface area contributed by atoms with Crippen molar-refractivity contribution in [3.63, 3.8) is 0 Å². The van der Waals surface area contributed by atoms with E-state index < -0.39 is 27.8 Å². The van der Waals surface area contributed by atoms with Gasteiger partial charge in [-0.1, -0.05) is 6.07 Å². The lowest BCUT2D eigenvalue weighted by Crippen LogP contribution is -2.50. The van der Waals surface area contributed by atoms with Gasteiger partial charge < -0.3 is 10.6 Å². The predicted molar refractivity (Wildman–Crippen MR) is 112 cm³/mol. The first kappa shape index (κ1) is 22.8. The van der Waals surface area contributed by atoms with Crippen LogP contribution in [0.25, 0.3) is 0 Å². The van der Waals surface area contributed by atoms with Crippen LogP contribution in [0.5, 0.6) is 0 Å². The minimum absolute atomic E-state index is 0.00776. The molecule has 1 aliphatic heterocycles. The first-order valence-electron chi connectivity index (χ1n) is 10.0. The van der Waals surface area contributed by atoms with Crippen LogP contribution in [0.1, 0.15) is 25.5 Å². The van der Waals surface area contributed by atoms with Crippen LogP contribution in [0.15, 0.2) is 53.6 Å². The van der Waals surface area contributed by atoms with Crippen molar-refractivity contribution in [3.05, 3.63) is 60.2 Å². The van der Waals surface area contributed by atoms with Gasteiger partial charge in [0.15, 0.2) is 0 Å². The van der Waals surface area contributed by atoms with Gasteiger partial charge in [0, 0.05) is 19.3 Å². The van der Waals surface area contributed by atoms with Gasteiger partial charge in [-0.25, -0.2) is 12.8 Å². The lowest BCUT2D eigenvalue weighted by Gasteiger charge is -2.31. The predicted octanol–water partition coefficient (Wildman–Crippen LogP) is 1.44. The molecule has 0 radical (unpaired) electrons. The number of halogens is 1. The Hall–Kier alpha value is -2.85. The highest BCUT2D eigenvalue weighted by Gasteiger charge is 2.34. The Labute approximate surface area is 180 Å². The summed E-state index contributed by atoms with van der Waals surface area (Å²) in [6.45, 7) is 2.10. The third-order valence-corrected chi connectivity index (χ3v) is 7.01. The monoisotopic (exact) mass is 448 g/mol. The molecule has 2 heterocycles. The van der Waals surface area contributed by atoms with Gasteiger partial charge in [0.2, 0.25) is 21.8 Å². The maximum Gasteiger partial charge on any atom is 0.243 e. The Morgan fingerprint density at radius 2 is 1.97 bits per heavy atom. The Morgan fingerprint density at radius 1 is 1.23 bits per heavy atom. The molecular weight excluding hydrogens is 423 g/mol. The Kier molecular flexibility index (Phi) is 7.34. The average molecular weight is 449 g/mol. The van der Waals surface area contributed by atoms with Crippen LogP contribution < -0.4 is 10.6 Å². The van der Waals surface area contributed by atoms with Crippen LogP contribution >= 0.6 is 0 Å². The molecule has 2 aromatic rings. The zero-order valence-electron chi connectivity index (χ0n) is 17.1. The molecule has 1 fully saturated rings. The number of sulfonamides is 1. The number of rotatable bonds is 7. The van der Waals surface area contributed by atoms with Gasteiger partial charge in [0.1, 0.15) is 11.9 Å². The van der Waals surface area contributed by atoms with Gasteiger partial charge in [0.05, 0.1) is 23.1 Å². The van der Waals surface area contributed by atoms with Crippen molar-refractivity contribution in [2.75, 3.05) is 13.1 Å². The molecular formula is C21H25FN4O4S. The molecule has 2 amide bonds. The molecule has 1 aliphatic rings. The SMILES string of the molecule is C[C@@H](NC(=O)[C@@H]1CCCN(S(=O)(=O)c2ccc(F)cc2)C1)C(=O)NCc1ccccn1. The van der Waals surface area contributed by atoms with Crippen molar-refractivity contribution in [2.45, 2.75) is 37.2 Å². The minimum Gasteiger partial charge on any atom is -0.349 e. The summed E-state index contributed by atoms with van der Waals surface area (Å²) in [6, 6.07) is 9.19. The van der Waals surface area contributed by atoms with Gasteiger partial charge in [-0.2, -0.15) is 4.31 Å². The van der Waals surface area contributed by atoms with Gasteiger partial charge in [-0.05, 0) is 56.2 Å². The summed E-state index contributed by atoms with van der Waals surface area (Å²) >= 11 is 0. The highest BCUT2D eigenvalue weighted by Crippen LogP contribution is 2.24. The van der Waals surface area contributed by atoms with Crippen LogP contribution in [0, 0.1) is 11.7 Å². The summed E-state index contributed by atoms with van der Waals surface area (Å²) in [5.41, 5.74) is 0.697. The zero-order valence-corrected chi connectivity index (χ0v) is 17.9. The van der Waals surface area contributed by atoms with Crippen molar-refractivity contribution >= 4 is 21.8 Å². The highest BCUT2D eigenvalue weighted by atomic mass is 32.2. The molecule has 1 aromatic carbocycles. The fourth-order valence-electron chi connectivity index (χ4n) is 3.36. The normalized spacial score (nSPS) is 18.2. The number of benzene rings is 1. The van der Waals surface area contributed by atoms with Gasteiger partial charge in [-0.3, -0.25) is 14.6 Å². The lowest BCUT2D eigenvalue weighted by atomic mass is 9.98. The number of pyridine rings is 1. The minimum atomic E-state index is -3.83. The van der Waals surface area contributed by atoms with E-state index in [0.717, 1.165) is 12.1 Å². The molecule has 0 bridgehead atoms. The maximum atomic E-state index is 13.1. The van der Waals surface area contributed by atoms with Crippen LogP contribution in [0.3, 0.4) is 0 Å². The number of hydrogen-bond donors (Lipinski definition) is 2. The van der Waals surface area contributed by atoms with E-state index >= 15 is 0 Å². The average Bonchev–Trinajstić information content (AvgIpc) is 2.78. The molecule has 166 valence electrons. The van der Waals surface area contributed by atoms with Gasteiger partial charge in [0.25, 0.3) is 0 Å². The summed E-state index contributed by atoms with van der Waals surface area (Å²) in [4.78, 5) is 29.1. The van der Waals surface area contributed by atoms with Crippen molar-refractivity contribution in [3.8, 4) is 0 Å². The number of aromatic nitrogens is 1. The van der Waals surface area contributed by atoms with Crippen LogP contribution in [0.2, 0.25) is 0 Å². The van der Waals surface area contributed by atoms with Crippen molar-refractivity contribution in [1.29, 1.82) is 0 Å². The summed E-state index contributed by atoms with van der Waals surface area (Å²) in [6.07, 6.45) is 2.66. The smallest absolute Gasteiger partial charge is 0.243 e. The van der Waals surface area contributed by atoms with Crippen molar-refractivity contribution < 1.29 is 22.4 Å². The number of amides is 2. The van der Waals surface area contributed by atoms with E-state index in [9.17, 15) is 22.4 Å². The molecule has 1 aromatic heterocycles. The molecule has 2 N–H and O–H groups in total. The molecule has 0 spiro atoms. The molecule has 0 unspecified atom stereocenters. The second-order valence-corrected chi connectivity index (χ2v) is 9.36. The second-order valence-electron chi connectivity index (χ2n) is 7.43. The maximum absolute atomic E-state index is 13.1. The first-order valence-corrected chi connectivity index (χ1v) is 11.4.